The van der Waals surface area contributed by atoms with Gasteiger partial charge in [0.25, 0.3) is 0 Å². The number of carboxylic acid groups (broad SMARTS) is 1. The summed E-state index contributed by atoms with van der Waals surface area (Å²) in [6, 6.07) is -0.149. The molecule has 0 aromatic heterocycles. The van der Waals surface area contributed by atoms with Crippen LogP contribution in [0.25, 0.3) is 0 Å². The van der Waals surface area contributed by atoms with E-state index in [0.29, 0.717) is 12.5 Å². The van der Waals surface area contributed by atoms with Crippen molar-refractivity contribution in [3.05, 3.63) is 36.0 Å². The summed E-state index contributed by atoms with van der Waals surface area (Å²) in [5.41, 5.74) is 0.493. The zero-order chi connectivity index (χ0) is 16.4. The fourth-order valence-electron chi connectivity index (χ4n) is 4.00. The first-order valence-electron chi connectivity index (χ1n) is 8.53. The Morgan fingerprint density at radius 2 is 2.30 bits per heavy atom. The van der Waals surface area contributed by atoms with E-state index in [1.165, 1.54) is 36.8 Å². The second-order valence-corrected chi connectivity index (χ2v) is 6.69. The summed E-state index contributed by atoms with van der Waals surface area (Å²) in [5.74, 6) is -0.632. The molecule has 2 fully saturated rings. The van der Waals surface area contributed by atoms with E-state index in [2.05, 4.69) is 6.92 Å². The largest absolute Gasteiger partial charge is 0.478 e. The zero-order valence-corrected chi connectivity index (χ0v) is 13.5. The van der Waals surface area contributed by atoms with Gasteiger partial charge in [-0.05, 0) is 12.0 Å². The molecular weight excluding hydrogens is 294 g/mol. The van der Waals surface area contributed by atoms with Crippen LogP contribution in [0.5, 0.6) is 0 Å². The normalized spacial score (nSPS) is 37.3. The summed E-state index contributed by atoms with van der Waals surface area (Å²) in [6.45, 7) is 2.84. The highest BCUT2D eigenvalue weighted by atomic mass is 16.6. The first kappa shape index (κ1) is 16.4. The van der Waals surface area contributed by atoms with Gasteiger partial charge in [0, 0.05) is 18.5 Å². The van der Waals surface area contributed by atoms with E-state index in [-0.39, 0.29) is 12.1 Å². The van der Waals surface area contributed by atoms with Crippen LogP contribution in [0.15, 0.2) is 36.0 Å². The highest BCUT2D eigenvalue weighted by Crippen LogP contribution is 2.58. The lowest BCUT2D eigenvalue weighted by molar-refractivity contribution is -0.141. The molecule has 3 rings (SSSR count). The number of carbonyl (C=O) groups is 1. The molecule has 2 aliphatic heterocycles. The molecule has 2 heterocycles. The molecule has 2 N–H and O–H groups in total. The number of hydrogen-bond acceptors (Lipinski definition) is 4. The first-order valence-corrected chi connectivity index (χ1v) is 8.53. The van der Waals surface area contributed by atoms with Gasteiger partial charge >= 0.3 is 5.97 Å². The van der Waals surface area contributed by atoms with Crippen molar-refractivity contribution in [2.24, 2.45) is 5.92 Å². The van der Waals surface area contributed by atoms with Gasteiger partial charge in [-0.3, -0.25) is 0 Å². The van der Waals surface area contributed by atoms with Gasteiger partial charge in [-0.15, -0.1) is 0 Å². The molecule has 3 aliphatic rings. The molecule has 1 aliphatic carbocycles. The molecule has 2 saturated heterocycles. The highest BCUT2D eigenvalue weighted by Gasteiger charge is 2.70. The van der Waals surface area contributed by atoms with Gasteiger partial charge in [-0.1, -0.05) is 56.9 Å². The number of epoxide rings is 1. The van der Waals surface area contributed by atoms with Crippen LogP contribution in [-0.4, -0.2) is 45.6 Å². The van der Waals surface area contributed by atoms with Crippen molar-refractivity contribution in [1.82, 2.24) is 5.06 Å². The number of carboxylic acids is 1. The summed E-state index contributed by atoms with van der Waals surface area (Å²) in [6.07, 6.45) is 14.4. The smallest absolute Gasteiger partial charge is 0.328 e. The maximum absolute atomic E-state index is 10.6. The zero-order valence-electron chi connectivity index (χ0n) is 13.5. The third-order valence-corrected chi connectivity index (χ3v) is 5.15. The summed E-state index contributed by atoms with van der Waals surface area (Å²) in [7, 11) is 0. The molecule has 23 heavy (non-hydrogen) atoms. The van der Waals surface area contributed by atoms with Crippen LogP contribution in [0.2, 0.25) is 0 Å². The van der Waals surface area contributed by atoms with Gasteiger partial charge in [-0.25, -0.2) is 4.79 Å². The van der Waals surface area contributed by atoms with Crippen LogP contribution < -0.4 is 0 Å². The van der Waals surface area contributed by atoms with E-state index in [0.717, 1.165) is 18.1 Å². The van der Waals surface area contributed by atoms with Crippen LogP contribution >= 0.6 is 0 Å². The van der Waals surface area contributed by atoms with E-state index in [1.54, 1.807) is 6.08 Å². The van der Waals surface area contributed by atoms with Crippen molar-refractivity contribution in [3.63, 3.8) is 0 Å². The molecule has 0 radical (unpaired) electrons. The van der Waals surface area contributed by atoms with Crippen molar-refractivity contribution in [3.8, 4) is 0 Å². The molecule has 1 spiro atoms. The average molecular weight is 319 g/mol. The summed E-state index contributed by atoms with van der Waals surface area (Å²) in [5, 5.41) is 20.4. The number of ether oxygens (including phenoxy) is 1. The number of hydroxylamine groups is 2. The van der Waals surface area contributed by atoms with E-state index < -0.39 is 11.6 Å². The molecule has 4 unspecified atom stereocenters. The van der Waals surface area contributed by atoms with Gasteiger partial charge in [0.05, 0.1) is 12.1 Å². The number of piperidine rings is 1. The van der Waals surface area contributed by atoms with Crippen molar-refractivity contribution >= 4 is 5.97 Å². The van der Waals surface area contributed by atoms with Gasteiger partial charge in [0.2, 0.25) is 0 Å². The summed E-state index contributed by atoms with van der Waals surface area (Å²) < 4.78 is 6.09. The Morgan fingerprint density at radius 1 is 1.48 bits per heavy atom. The Labute approximate surface area is 136 Å². The van der Waals surface area contributed by atoms with E-state index in [9.17, 15) is 10.0 Å². The Bertz CT molecular complexity index is 553. The monoisotopic (exact) mass is 319 g/mol. The van der Waals surface area contributed by atoms with Crippen LogP contribution in [-0.2, 0) is 9.53 Å². The lowest BCUT2D eigenvalue weighted by Gasteiger charge is -2.34. The lowest BCUT2D eigenvalue weighted by Crippen LogP contribution is -2.50. The first-order chi connectivity index (χ1) is 11.1. The number of aliphatic carboxylic acids is 1. The predicted octanol–water partition coefficient (Wildman–Crippen LogP) is 2.92. The molecule has 4 atom stereocenters. The number of nitrogens with zero attached hydrogens (tertiary/aromatic N) is 1. The second kappa shape index (κ2) is 6.59. The quantitative estimate of drug-likeness (QED) is 0.429. The van der Waals surface area contributed by atoms with Crippen molar-refractivity contribution in [1.29, 1.82) is 0 Å². The molecule has 5 nitrogen and oxygen atoms in total. The van der Waals surface area contributed by atoms with Gasteiger partial charge in [0.15, 0.2) is 0 Å². The number of unbranched alkanes of at least 4 members (excludes halogenated alkanes) is 3. The maximum Gasteiger partial charge on any atom is 0.328 e. The van der Waals surface area contributed by atoms with E-state index >= 15 is 0 Å². The fourth-order valence-corrected chi connectivity index (χ4v) is 4.00. The summed E-state index contributed by atoms with van der Waals surface area (Å²) >= 11 is 0. The fraction of sp³-hybridized carbons (Fsp3) is 0.611. The molecule has 0 amide bonds. The standard InChI is InChI=1S/C18H25NO4/c1-2-3-4-5-7-13-12-19(22)15-11-10-14(8-6-9-16(20)21)18(15)17(13)23-18/h6,8-11,13,15,17,22H,2-5,7,12H2,1H3,(H,20,21)/b9-6+,14-8+. The minimum absolute atomic E-state index is 0.136. The van der Waals surface area contributed by atoms with Crippen LogP contribution in [0, 0.1) is 5.92 Å². The molecular formula is C18H25NO4. The average Bonchev–Trinajstić information content (AvgIpc) is 3.14. The third-order valence-electron chi connectivity index (χ3n) is 5.15. The Kier molecular flexibility index (Phi) is 4.71. The van der Waals surface area contributed by atoms with Crippen molar-refractivity contribution in [2.75, 3.05) is 6.54 Å². The van der Waals surface area contributed by atoms with Gasteiger partial charge < -0.3 is 15.1 Å². The Hall–Kier alpha value is -1.43. The summed E-state index contributed by atoms with van der Waals surface area (Å²) in [4.78, 5) is 10.6. The predicted molar refractivity (Wildman–Crippen MR) is 86.1 cm³/mol. The third kappa shape index (κ3) is 3.01. The van der Waals surface area contributed by atoms with Crippen molar-refractivity contribution in [2.45, 2.75) is 56.8 Å². The molecule has 0 saturated carbocycles. The van der Waals surface area contributed by atoms with E-state index in [4.69, 9.17) is 9.84 Å². The molecule has 126 valence electrons. The molecule has 0 bridgehead atoms. The maximum atomic E-state index is 10.6. The highest BCUT2D eigenvalue weighted by molar-refractivity contribution is 5.80. The Balaban J connectivity index is 1.69. The number of hydrogen-bond donors (Lipinski definition) is 2. The lowest BCUT2D eigenvalue weighted by atomic mass is 9.81. The topological polar surface area (TPSA) is 73.3 Å². The van der Waals surface area contributed by atoms with E-state index in [1.807, 2.05) is 12.2 Å². The van der Waals surface area contributed by atoms with Crippen LogP contribution in [0.1, 0.15) is 39.0 Å². The molecule has 0 aromatic carbocycles. The second-order valence-electron chi connectivity index (χ2n) is 6.69. The van der Waals surface area contributed by atoms with Gasteiger partial charge in [0.1, 0.15) is 5.60 Å². The minimum atomic E-state index is -0.965. The Morgan fingerprint density at radius 3 is 3.04 bits per heavy atom. The minimum Gasteiger partial charge on any atom is -0.478 e. The van der Waals surface area contributed by atoms with Gasteiger partial charge in [-0.2, -0.15) is 5.06 Å². The van der Waals surface area contributed by atoms with Crippen LogP contribution in [0.4, 0.5) is 0 Å². The SMILES string of the molecule is CCCCCCC1CN(O)C2C=C/C(=C\C=C\C(=O)O)C23OC13. The molecule has 0 aromatic rings. The van der Waals surface area contributed by atoms with Crippen LogP contribution in [0.3, 0.4) is 0 Å². The number of rotatable bonds is 7. The number of allylic oxidation sites excluding steroid dienone is 2. The molecule has 5 heteroatoms. The van der Waals surface area contributed by atoms with Crippen molar-refractivity contribution < 1.29 is 19.8 Å².